The maximum absolute atomic E-state index is 12.1. The number of hydrogen-bond acceptors (Lipinski definition) is 4. The second kappa shape index (κ2) is 9.53. The molecule has 0 spiro atoms. The number of rotatable bonds is 9. The lowest BCUT2D eigenvalue weighted by Gasteiger charge is -2.26. The first-order chi connectivity index (χ1) is 9.19. The molecule has 4 nitrogen and oxygen atoms in total. The van der Waals surface area contributed by atoms with Crippen molar-refractivity contribution in [1.29, 1.82) is 0 Å². The summed E-state index contributed by atoms with van der Waals surface area (Å²) in [5.41, 5.74) is 0. The minimum Gasteiger partial charge on any atom is -0.387 e. The lowest BCUT2D eigenvalue weighted by Crippen LogP contribution is -2.41. The van der Waals surface area contributed by atoms with Crippen LogP contribution < -0.4 is 0 Å². The van der Waals surface area contributed by atoms with Gasteiger partial charge in [-0.05, 0) is 24.6 Å². The van der Waals surface area contributed by atoms with Crippen molar-refractivity contribution >= 4 is 22.0 Å². The number of likely N-dealkylation sites (N-methyl/N-ethyl adjacent to an activating group) is 1. The first kappa shape index (κ1) is 19.6. The van der Waals surface area contributed by atoms with Crippen molar-refractivity contribution in [2.75, 3.05) is 27.7 Å². The summed E-state index contributed by atoms with van der Waals surface area (Å²) < 4.78 is 0.599. The number of hydrogen-bond donors (Lipinski definition) is 1. The van der Waals surface area contributed by atoms with Crippen LogP contribution >= 0.6 is 11.8 Å². The summed E-state index contributed by atoms with van der Waals surface area (Å²) in [5.74, 6) is -0.0190. The van der Waals surface area contributed by atoms with Crippen LogP contribution in [-0.4, -0.2) is 53.6 Å². The molecule has 0 aliphatic rings. The summed E-state index contributed by atoms with van der Waals surface area (Å²) in [4.78, 5) is 23.9. The van der Waals surface area contributed by atoms with Crippen molar-refractivity contribution in [2.45, 2.75) is 52.1 Å². The predicted octanol–water partition coefficient (Wildman–Crippen LogP) is 2.45. The molecule has 0 saturated carbocycles. The van der Waals surface area contributed by atoms with Gasteiger partial charge in [-0.25, -0.2) is 0 Å². The van der Waals surface area contributed by atoms with E-state index in [1.54, 1.807) is 0 Å². The predicted molar refractivity (Wildman–Crippen MR) is 84.4 cm³/mol. The molecule has 118 valence electrons. The van der Waals surface area contributed by atoms with Gasteiger partial charge in [-0.2, -0.15) is 0 Å². The van der Waals surface area contributed by atoms with E-state index in [4.69, 9.17) is 0 Å². The van der Waals surface area contributed by atoms with E-state index < -0.39 is 6.10 Å². The molecule has 0 aromatic carbocycles. The summed E-state index contributed by atoms with van der Waals surface area (Å²) in [6.07, 6.45) is 2.96. The zero-order valence-corrected chi connectivity index (χ0v) is 14.3. The fraction of sp³-hybridized carbons (Fsp3) is 0.867. The highest BCUT2D eigenvalue weighted by Crippen LogP contribution is 2.23. The quantitative estimate of drug-likeness (QED) is 0.665. The van der Waals surface area contributed by atoms with Crippen molar-refractivity contribution in [1.82, 2.24) is 0 Å². The normalized spacial score (nSPS) is 13.6. The summed E-state index contributed by atoms with van der Waals surface area (Å²) in [6.45, 7) is 4.61. The van der Waals surface area contributed by atoms with Crippen LogP contribution in [0.2, 0.25) is 0 Å². The Kier molecular flexibility index (Phi) is 9.34. The zero-order valence-electron chi connectivity index (χ0n) is 13.5. The van der Waals surface area contributed by atoms with Crippen molar-refractivity contribution in [3.63, 3.8) is 0 Å². The van der Waals surface area contributed by atoms with Crippen LogP contribution in [0, 0.1) is 5.92 Å². The van der Waals surface area contributed by atoms with Gasteiger partial charge < -0.3 is 9.59 Å². The van der Waals surface area contributed by atoms with Gasteiger partial charge in [0.2, 0.25) is 0 Å². The van der Waals surface area contributed by atoms with E-state index in [0.717, 1.165) is 37.4 Å². The number of quaternary nitrogens is 1. The van der Waals surface area contributed by atoms with Crippen molar-refractivity contribution < 1.29 is 19.2 Å². The first-order valence-corrected chi connectivity index (χ1v) is 8.24. The molecule has 0 bridgehead atoms. The molecule has 0 aliphatic heterocycles. The van der Waals surface area contributed by atoms with Crippen molar-refractivity contribution in [2.24, 2.45) is 5.92 Å². The Morgan fingerprint density at radius 1 is 1.10 bits per heavy atom. The van der Waals surface area contributed by atoms with Crippen molar-refractivity contribution in [3.05, 3.63) is 0 Å². The van der Waals surface area contributed by atoms with Gasteiger partial charge in [0, 0.05) is 12.3 Å². The Morgan fingerprint density at radius 2 is 1.60 bits per heavy atom. The van der Waals surface area contributed by atoms with E-state index in [1.807, 2.05) is 35.0 Å². The molecule has 5 heteroatoms. The van der Waals surface area contributed by atoms with Gasteiger partial charge in [0.05, 0.1) is 21.1 Å². The first-order valence-electron chi connectivity index (χ1n) is 7.42. The number of carbonyl (C=O) groups is 2. The highest BCUT2D eigenvalue weighted by atomic mass is 32.2. The topological polar surface area (TPSA) is 54.4 Å². The Morgan fingerprint density at radius 3 is 2.00 bits per heavy atom. The number of aliphatic hydroxyl groups excluding tert-OH is 1. The fourth-order valence-corrected chi connectivity index (χ4v) is 3.11. The van der Waals surface area contributed by atoms with Gasteiger partial charge in [-0.15, -0.1) is 0 Å². The molecule has 0 fully saturated rings. The summed E-state index contributed by atoms with van der Waals surface area (Å²) in [5, 5.41) is 9.61. The monoisotopic (exact) mass is 304 g/mol. The van der Waals surface area contributed by atoms with Gasteiger partial charge in [0.25, 0.3) is 0 Å². The molecule has 0 saturated heterocycles. The van der Waals surface area contributed by atoms with Crippen LogP contribution in [0.5, 0.6) is 0 Å². The number of aliphatic hydroxyl groups is 1. The minimum atomic E-state index is -0.682. The van der Waals surface area contributed by atoms with E-state index in [0.29, 0.717) is 11.0 Å². The molecule has 1 atom stereocenters. The Labute approximate surface area is 127 Å². The third-order valence-corrected chi connectivity index (χ3v) is 3.91. The summed E-state index contributed by atoms with van der Waals surface area (Å²) in [6, 6.07) is 0. The second-order valence-electron chi connectivity index (χ2n) is 6.40. The molecule has 0 amide bonds. The van der Waals surface area contributed by atoms with E-state index in [2.05, 4.69) is 0 Å². The Bertz CT molecular complexity index is 307. The minimum absolute atomic E-state index is 0.0190. The van der Waals surface area contributed by atoms with E-state index in [1.165, 1.54) is 0 Å². The maximum Gasteiger partial charge on any atom is 0.199 e. The standard InChI is InChI=1S/C15H30NO3S/c1-6-8-12(9-7-2)15(19)20-14(18)10-13(17)11-16(3,4)5/h12-13,17H,6-11H2,1-5H3/q+1. The lowest BCUT2D eigenvalue weighted by atomic mass is 10.0. The van der Waals surface area contributed by atoms with E-state index >= 15 is 0 Å². The van der Waals surface area contributed by atoms with E-state index in [-0.39, 0.29) is 22.6 Å². The highest BCUT2D eigenvalue weighted by Gasteiger charge is 2.24. The summed E-state index contributed by atoms with van der Waals surface area (Å²) in [7, 11) is 5.89. The van der Waals surface area contributed by atoms with Crippen LogP contribution in [0.15, 0.2) is 0 Å². The Hall–Kier alpha value is -0.390. The van der Waals surface area contributed by atoms with Crippen LogP contribution in [0.1, 0.15) is 46.0 Å². The van der Waals surface area contributed by atoms with Gasteiger partial charge >= 0.3 is 0 Å². The Balaban J connectivity index is 4.27. The lowest BCUT2D eigenvalue weighted by molar-refractivity contribution is -0.873. The molecule has 0 aromatic heterocycles. The van der Waals surface area contributed by atoms with Crippen LogP contribution in [0.3, 0.4) is 0 Å². The molecule has 0 aliphatic carbocycles. The van der Waals surface area contributed by atoms with Gasteiger partial charge in [-0.3, -0.25) is 9.59 Å². The molecular formula is C15H30NO3S+. The molecule has 0 aromatic rings. The smallest absolute Gasteiger partial charge is 0.199 e. The molecule has 1 unspecified atom stereocenters. The second-order valence-corrected chi connectivity index (χ2v) is 7.46. The molecule has 20 heavy (non-hydrogen) atoms. The molecule has 0 heterocycles. The number of nitrogens with zero attached hydrogens (tertiary/aromatic N) is 1. The highest BCUT2D eigenvalue weighted by molar-refractivity contribution is 8.26. The third kappa shape index (κ3) is 9.50. The van der Waals surface area contributed by atoms with Crippen LogP contribution in [0.4, 0.5) is 0 Å². The molecule has 0 rings (SSSR count). The maximum atomic E-state index is 12.1. The molecular weight excluding hydrogens is 274 g/mol. The average Bonchev–Trinajstić information content (AvgIpc) is 2.25. The molecule has 0 radical (unpaired) electrons. The van der Waals surface area contributed by atoms with E-state index in [9.17, 15) is 14.7 Å². The average molecular weight is 304 g/mol. The van der Waals surface area contributed by atoms with Crippen molar-refractivity contribution in [3.8, 4) is 0 Å². The number of carbonyl (C=O) groups excluding carboxylic acids is 2. The number of thioether (sulfide) groups is 1. The third-order valence-electron chi connectivity index (χ3n) is 2.98. The summed E-state index contributed by atoms with van der Waals surface area (Å²) >= 11 is 0.797. The zero-order chi connectivity index (χ0) is 15.8. The van der Waals surface area contributed by atoms with Gasteiger partial charge in [-0.1, -0.05) is 26.7 Å². The van der Waals surface area contributed by atoms with Gasteiger partial charge in [0.15, 0.2) is 10.2 Å². The van der Waals surface area contributed by atoms with Gasteiger partial charge in [0.1, 0.15) is 12.6 Å². The SMILES string of the molecule is CCCC(CCC)C(=O)SC(=O)CC(O)C[N+](C)(C)C. The fourth-order valence-electron chi connectivity index (χ4n) is 2.20. The largest absolute Gasteiger partial charge is 0.387 e. The molecule has 1 N–H and O–H groups in total. The van der Waals surface area contributed by atoms with Crippen LogP contribution in [0.25, 0.3) is 0 Å². The van der Waals surface area contributed by atoms with Crippen LogP contribution in [-0.2, 0) is 9.59 Å².